The topological polar surface area (TPSA) is 30.9 Å². The van der Waals surface area contributed by atoms with E-state index in [1.165, 1.54) is 0 Å². The second kappa shape index (κ2) is 6.63. The van der Waals surface area contributed by atoms with Gasteiger partial charge in [0.2, 0.25) is 0 Å². The molecule has 0 aromatic rings. The summed E-state index contributed by atoms with van der Waals surface area (Å²) in [5.41, 5.74) is 0. The number of hydrogen-bond donors (Lipinski definition) is 0. The van der Waals surface area contributed by atoms with Gasteiger partial charge in [-0.1, -0.05) is 40.8 Å². The van der Waals surface area contributed by atoms with E-state index in [1.807, 2.05) is 0 Å². The maximum atomic E-state index is 5.55. The summed E-state index contributed by atoms with van der Waals surface area (Å²) in [6, 6.07) is 0. The van der Waals surface area contributed by atoms with Crippen molar-refractivity contribution in [3.8, 4) is 0 Å². The van der Waals surface area contributed by atoms with Crippen LogP contribution in [-0.4, -0.2) is 55.6 Å². The van der Waals surface area contributed by atoms with Gasteiger partial charge in [0.1, 0.15) is 8.24 Å². The summed E-state index contributed by atoms with van der Waals surface area (Å²) in [5.74, 6) is 0. The second-order valence-corrected chi connectivity index (χ2v) is 14.3. The Hall–Kier alpha value is 0.274. The summed E-state index contributed by atoms with van der Waals surface area (Å²) in [6.45, 7) is 14.9. The summed E-state index contributed by atoms with van der Waals surface area (Å²) >= 11 is 0. The number of rotatable bonds is 7. The molecule has 6 heteroatoms. The first kappa shape index (κ1) is 18.3. The van der Waals surface area contributed by atoms with Crippen LogP contribution in [0.3, 0.4) is 0 Å². The molecule has 0 spiro atoms. The Morgan fingerprint density at radius 2 is 1.33 bits per heavy atom. The smallest absolute Gasteiger partial charge is 0.376 e. The van der Waals surface area contributed by atoms with E-state index in [2.05, 4.69) is 45.4 Å². The Balaban J connectivity index is 5.12. The molecule has 0 aromatic carbocycles. The zero-order chi connectivity index (χ0) is 14.6. The van der Waals surface area contributed by atoms with Crippen molar-refractivity contribution in [3.63, 3.8) is 0 Å². The number of nitrogens with zero attached hydrogens (tertiary/aromatic N) is 1. The fourth-order valence-corrected chi connectivity index (χ4v) is 7.34. The van der Waals surface area contributed by atoms with E-state index in [9.17, 15) is 0 Å². The zero-order valence-corrected chi connectivity index (χ0v) is 15.6. The first-order valence-electron chi connectivity index (χ1n) is 6.50. The van der Waals surface area contributed by atoms with Crippen LogP contribution in [0.15, 0.2) is 0 Å². The van der Waals surface area contributed by atoms with Gasteiger partial charge in [-0.05, 0) is 11.6 Å². The zero-order valence-electron chi connectivity index (χ0n) is 13.6. The molecule has 0 unspecified atom stereocenters. The van der Waals surface area contributed by atoms with Crippen LogP contribution in [-0.2, 0) is 13.3 Å². The van der Waals surface area contributed by atoms with Gasteiger partial charge < -0.3 is 17.8 Å². The fourth-order valence-electron chi connectivity index (χ4n) is 1.86. The van der Waals surface area contributed by atoms with Gasteiger partial charge in [-0.15, -0.1) is 0 Å². The van der Waals surface area contributed by atoms with Crippen molar-refractivity contribution in [2.45, 2.75) is 45.8 Å². The monoisotopic (exact) mass is 293 g/mol. The van der Waals surface area contributed by atoms with Crippen LogP contribution in [0, 0.1) is 0 Å². The minimum atomic E-state index is -2.53. The Kier molecular flexibility index (Phi) is 6.73. The van der Waals surface area contributed by atoms with Gasteiger partial charge in [-0.3, -0.25) is 0 Å². The highest BCUT2D eigenvalue weighted by Crippen LogP contribution is 2.38. The highest BCUT2D eigenvalue weighted by atomic mass is 28.4. The summed E-state index contributed by atoms with van der Waals surface area (Å²) in [4.78, 5) is 0. The summed E-state index contributed by atoms with van der Waals surface area (Å²) in [6.07, 6.45) is 0.767. The molecule has 110 valence electrons. The minimum absolute atomic E-state index is 0.304. The lowest BCUT2D eigenvalue weighted by atomic mass is 10.2. The van der Waals surface area contributed by atoms with E-state index in [1.54, 1.807) is 21.3 Å². The first-order chi connectivity index (χ1) is 8.10. The van der Waals surface area contributed by atoms with Crippen LogP contribution in [0.5, 0.6) is 0 Å². The Labute approximate surface area is 115 Å². The molecule has 0 aromatic heterocycles. The largest absolute Gasteiger partial charge is 0.514 e. The fraction of sp³-hybridized carbons (Fsp3) is 1.00. The minimum Gasteiger partial charge on any atom is -0.376 e. The molecule has 0 aliphatic rings. The normalized spacial score (nSPS) is 14.3. The molecule has 0 fully saturated rings. The molecule has 0 N–H and O–H groups in total. The van der Waals surface area contributed by atoms with Gasteiger partial charge in [0.25, 0.3) is 0 Å². The third-order valence-electron chi connectivity index (χ3n) is 4.33. The van der Waals surface area contributed by atoms with E-state index < -0.39 is 17.0 Å². The lowest BCUT2D eigenvalue weighted by molar-refractivity contribution is 0.113. The van der Waals surface area contributed by atoms with Crippen LogP contribution in [0.2, 0.25) is 18.1 Å². The SMILES string of the molecule is CCN(C[Si](OC)(OC)OC)[Si](C)(C)C(C)(C)C. The summed E-state index contributed by atoms with van der Waals surface area (Å²) in [7, 11) is 0.944. The van der Waals surface area contributed by atoms with Crippen LogP contribution < -0.4 is 0 Å². The lowest BCUT2D eigenvalue weighted by Gasteiger charge is -2.47. The van der Waals surface area contributed by atoms with Crippen LogP contribution in [0.4, 0.5) is 0 Å². The van der Waals surface area contributed by atoms with Crippen LogP contribution >= 0.6 is 0 Å². The summed E-state index contributed by atoms with van der Waals surface area (Å²) < 4.78 is 19.2. The van der Waals surface area contributed by atoms with Gasteiger partial charge >= 0.3 is 8.80 Å². The second-order valence-electron chi connectivity index (χ2n) is 6.12. The first-order valence-corrected chi connectivity index (χ1v) is 11.4. The van der Waals surface area contributed by atoms with Gasteiger partial charge in [0.15, 0.2) is 0 Å². The molecule has 0 saturated heterocycles. The molecule has 18 heavy (non-hydrogen) atoms. The highest BCUT2D eigenvalue weighted by molar-refractivity contribution is 6.78. The van der Waals surface area contributed by atoms with E-state index in [4.69, 9.17) is 13.3 Å². The maximum Gasteiger partial charge on any atom is 0.514 e. The van der Waals surface area contributed by atoms with Gasteiger partial charge in [-0.2, -0.15) is 0 Å². The van der Waals surface area contributed by atoms with E-state index in [0.29, 0.717) is 5.04 Å². The quantitative estimate of drug-likeness (QED) is 0.675. The maximum absolute atomic E-state index is 5.55. The van der Waals surface area contributed by atoms with Crippen molar-refractivity contribution in [3.05, 3.63) is 0 Å². The molecule has 0 saturated carbocycles. The number of hydrogen-bond acceptors (Lipinski definition) is 4. The van der Waals surface area contributed by atoms with Crippen LogP contribution in [0.25, 0.3) is 0 Å². The Morgan fingerprint density at radius 1 is 0.944 bits per heavy atom. The molecule has 0 rings (SSSR count). The predicted octanol–water partition coefficient (Wildman–Crippen LogP) is 2.73. The molecule has 0 aliphatic carbocycles. The molecule has 0 aliphatic heterocycles. The van der Waals surface area contributed by atoms with E-state index in [0.717, 1.165) is 12.7 Å². The lowest BCUT2D eigenvalue weighted by Crippen LogP contribution is -2.63. The third-order valence-corrected chi connectivity index (χ3v) is 13.0. The average molecular weight is 294 g/mol. The standard InChI is InChI=1S/C12H31NO3Si2/c1-10-13(17(8,9)12(2,3)4)11-18(14-5,15-6)16-7/h10-11H2,1-9H3. The van der Waals surface area contributed by atoms with Crippen molar-refractivity contribution >= 4 is 17.0 Å². The molecule has 0 bridgehead atoms. The average Bonchev–Trinajstić information content (AvgIpc) is 2.30. The Bertz CT molecular complexity index is 242. The molecule has 0 radical (unpaired) electrons. The van der Waals surface area contributed by atoms with Crippen molar-refractivity contribution in [2.75, 3.05) is 34.0 Å². The predicted molar refractivity (Wildman–Crippen MR) is 81.2 cm³/mol. The highest BCUT2D eigenvalue weighted by Gasteiger charge is 2.47. The molecule has 0 atom stereocenters. The van der Waals surface area contributed by atoms with Crippen molar-refractivity contribution < 1.29 is 13.3 Å². The molecule has 4 nitrogen and oxygen atoms in total. The van der Waals surface area contributed by atoms with Crippen molar-refractivity contribution in [1.82, 2.24) is 4.57 Å². The van der Waals surface area contributed by atoms with Gasteiger partial charge in [0, 0.05) is 21.3 Å². The summed E-state index contributed by atoms with van der Waals surface area (Å²) in [5, 5.41) is 0.304. The molecule has 0 heterocycles. The molecular formula is C12H31NO3Si2. The Morgan fingerprint density at radius 3 is 1.56 bits per heavy atom. The van der Waals surface area contributed by atoms with E-state index >= 15 is 0 Å². The molecule has 0 amide bonds. The van der Waals surface area contributed by atoms with Crippen molar-refractivity contribution in [1.29, 1.82) is 0 Å². The van der Waals surface area contributed by atoms with Crippen LogP contribution in [0.1, 0.15) is 27.7 Å². The van der Waals surface area contributed by atoms with Gasteiger partial charge in [0.05, 0.1) is 6.17 Å². The molecular weight excluding hydrogens is 262 g/mol. The van der Waals surface area contributed by atoms with Gasteiger partial charge in [-0.25, -0.2) is 0 Å². The van der Waals surface area contributed by atoms with Crippen molar-refractivity contribution in [2.24, 2.45) is 0 Å². The third kappa shape index (κ3) is 3.88. The van der Waals surface area contributed by atoms with E-state index in [-0.39, 0.29) is 0 Å².